The van der Waals surface area contributed by atoms with E-state index in [1.807, 2.05) is 0 Å². The summed E-state index contributed by atoms with van der Waals surface area (Å²) in [5.74, 6) is -3.63. The molecule has 0 bridgehead atoms. The quantitative estimate of drug-likeness (QED) is 0.521. The van der Waals surface area contributed by atoms with Crippen molar-refractivity contribution in [2.24, 2.45) is 11.8 Å². The molecule has 104 valence electrons. The van der Waals surface area contributed by atoms with Gasteiger partial charge in [0.2, 0.25) is 0 Å². The van der Waals surface area contributed by atoms with E-state index in [1.165, 1.54) is 0 Å². The second-order valence-corrected chi connectivity index (χ2v) is 4.00. The predicted octanol–water partition coefficient (Wildman–Crippen LogP) is 1.23. The van der Waals surface area contributed by atoms with Crippen LogP contribution < -0.4 is 0 Å². The third-order valence-electron chi connectivity index (χ3n) is 2.30. The van der Waals surface area contributed by atoms with Crippen LogP contribution in [0.3, 0.4) is 0 Å². The molecule has 0 aromatic rings. The number of hydrogen-bond acceptors (Lipinski definition) is 5. The highest BCUT2D eigenvalue weighted by molar-refractivity contribution is 5.94. The summed E-state index contributed by atoms with van der Waals surface area (Å²) in [5.41, 5.74) is 0. The van der Waals surface area contributed by atoms with Crippen LogP contribution in [0, 0.1) is 11.8 Å². The maximum atomic E-state index is 11.6. The zero-order chi connectivity index (χ0) is 14.1. The molecule has 0 amide bonds. The number of esters is 2. The molecular weight excluding hydrogens is 240 g/mol. The number of carbonyl (C=O) groups is 3. The van der Waals surface area contributed by atoms with Gasteiger partial charge in [0.25, 0.3) is 0 Å². The molecule has 6 heteroatoms. The maximum Gasteiger partial charge on any atom is 0.320 e. The van der Waals surface area contributed by atoms with Gasteiger partial charge in [0.1, 0.15) is 0 Å². The average molecular weight is 260 g/mol. The fourth-order valence-electron chi connectivity index (χ4n) is 1.56. The lowest BCUT2D eigenvalue weighted by atomic mass is 9.93. The zero-order valence-electron chi connectivity index (χ0n) is 11.0. The SMILES string of the molecule is CCOC(=O)C(CC(C)CC(=O)O)C(=O)OCC. The lowest BCUT2D eigenvalue weighted by Crippen LogP contribution is -2.30. The highest BCUT2D eigenvalue weighted by Gasteiger charge is 2.31. The monoisotopic (exact) mass is 260 g/mol. The number of carboxylic acids is 1. The van der Waals surface area contributed by atoms with Crippen LogP contribution in [0.2, 0.25) is 0 Å². The van der Waals surface area contributed by atoms with Gasteiger partial charge >= 0.3 is 17.9 Å². The van der Waals surface area contributed by atoms with Gasteiger partial charge in [-0.2, -0.15) is 0 Å². The van der Waals surface area contributed by atoms with Crippen molar-refractivity contribution in [3.05, 3.63) is 0 Å². The number of rotatable bonds is 8. The van der Waals surface area contributed by atoms with Crippen LogP contribution in [-0.4, -0.2) is 36.2 Å². The van der Waals surface area contributed by atoms with E-state index in [0.717, 1.165) is 0 Å². The molecule has 0 aliphatic rings. The Morgan fingerprint density at radius 1 is 1.06 bits per heavy atom. The fraction of sp³-hybridized carbons (Fsp3) is 0.750. The summed E-state index contributed by atoms with van der Waals surface area (Å²) < 4.78 is 9.58. The minimum Gasteiger partial charge on any atom is -0.481 e. The predicted molar refractivity (Wildman–Crippen MR) is 62.8 cm³/mol. The molecule has 0 aromatic heterocycles. The third kappa shape index (κ3) is 6.22. The molecule has 1 atom stereocenters. The molecule has 6 nitrogen and oxygen atoms in total. The first kappa shape index (κ1) is 16.4. The molecule has 0 fully saturated rings. The summed E-state index contributed by atoms with van der Waals surface area (Å²) in [6.07, 6.45) is 0.0132. The molecule has 0 aliphatic heterocycles. The van der Waals surface area contributed by atoms with Gasteiger partial charge in [-0.15, -0.1) is 0 Å². The first-order chi connectivity index (χ1) is 8.42. The molecule has 0 rings (SSSR count). The number of carbonyl (C=O) groups excluding carboxylic acids is 2. The highest BCUT2D eigenvalue weighted by atomic mass is 16.6. The summed E-state index contributed by atoms with van der Waals surface area (Å²) in [7, 11) is 0. The van der Waals surface area contributed by atoms with Gasteiger partial charge in [-0.25, -0.2) is 0 Å². The highest BCUT2D eigenvalue weighted by Crippen LogP contribution is 2.18. The molecule has 0 aromatic carbocycles. The van der Waals surface area contributed by atoms with E-state index in [0.29, 0.717) is 0 Å². The lowest BCUT2D eigenvalue weighted by Gasteiger charge is -2.17. The average Bonchev–Trinajstić information content (AvgIpc) is 2.25. The largest absolute Gasteiger partial charge is 0.481 e. The van der Waals surface area contributed by atoms with Crippen molar-refractivity contribution in [2.75, 3.05) is 13.2 Å². The Morgan fingerprint density at radius 3 is 1.83 bits per heavy atom. The lowest BCUT2D eigenvalue weighted by molar-refractivity contribution is -0.163. The minimum absolute atomic E-state index is 0.102. The summed E-state index contributed by atoms with van der Waals surface area (Å²) >= 11 is 0. The molecule has 0 saturated heterocycles. The first-order valence-corrected chi connectivity index (χ1v) is 5.97. The van der Waals surface area contributed by atoms with Crippen molar-refractivity contribution in [3.8, 4) is 0 Å². The van der Waals surface area contributed by atoms with Gasteiger partial charge in [0, 0.05) is 6.42 Å². The molecule has 18 heavy (non-hydrogen) atoms. The Labute approximate surface area is 106 Å². The number of carboxylic acid groups (broad SMARTS) is 1. The maximum absolute atomic E-state index is 11.6. The van der Waals surface area contributed by atoms with Crippen molar-refractivity contribution >= 4 is 17.9 Å². The van der Waals surface area contributed by atoms with Crippen LogP contribution in [0.5, 0.6) is 0 Å². The molecule has 0 heterocycles. The molecule has 1 unspecified atom stereocenters. The Hall–Kier alpha value is -1.59. The second-order valence-electron chi connectivity index (χ2n) is 4.00. The smallest absolute Gasteiger partial charge is 0.320 e. The summed E-state index contributed by atoms with van der Waals surface area (Å²) in [4.78, 5) is 33.8. The van der Waals surface area contributed by atoms with Crippen LogP contribution in [0.25, 0.3) is 0 Å². The molecule has 0 radical (unpaired) electrons. The van der Waals surface area contributed by atoms with Crippen molar-refractivity contribution in [1.82, 2.24) is 0 Å². The van der Waals surface area contributed by atoms with Crippen LogP contribution in [-0.2, 0) is 23.9 Å². The van der Waals surface area contributed by atoms with E-state index in [-0.39, 0.29) is 32.0 Å². The number of hydrogen-bond donors (Lipinski definition) is 1. The summed E-state index contributed by atoms with van der Waals surface area (Å²) in [5, 5.41) is 8.65. The van der Waals surface area contributed by atoms with Crippen LogP contribution >= 0.6 is 0 Å². The molecule has 1 N–H and O–H groups in total. The first-order valence-electron chi connectivity index (χ1n) is 5.97. The van der Waals surface area contributed by atoms with Crippen LogP contribution in [0.1, 0.15) is 33.6 Å². The van der Waals surface area contributed by atoms with Crippen molar-refractivity contribution < 1.29 is 29.0 Å². The van der Waals surface area contributed by atoms with E-state index in [9.17, 15) is 14.4 Å². The molecule has 0 saturated carbocycles. The topological polar surface area (TPSA) is 89.9 Å². The Kier molecular flexibility index (Phi) is 7.74. The summed E-state index contributed by atoms with van der Waals surface area (Å²) in [6, 6.07) is 0. The Bertz CT molecular complexity index is 281. The second kappa shape index (κ2) is 8.49. The number of ether oxygens (including phenoxy) is 2. The Morgan fingerprint density at radius 2 is 1.50 bits per heavy atom. The Balaban J connectivity index is 4.60. The zero-order valence-corrected chi connectivity index (χ0v) is 11.0. The van der Waals surface area contributed by atoms with Gasteiger partial charge in [-0.3, -0.25) is 14.4 Å². The van der Waals surface area contributed by atoms with E-state index < -0.39 is 23.8 Å². The van der Waals surface area contributed by atoms with Crippen molar-refractivity contribution in [1.29, 1.82) is 0 Å². The van der Waals surface area contributed by atoms with Gasteiger partial charge in [0.05, 0.1) is 13.2 Å². The van der Waals surface area contributed by atoms with Gasteiger partial charge in [-0.1, -0.05) is 6.92 Å². The standard InChI is InChI=1S/C12H20O6/c1-4-17-11(15)9(12(16)18-5-2)6-8(3)7-10(13)14/h8-9H,4-7H2,1-3H3,(H,13,14). The van der Waals surface area contributed by atoms with E-state index in [4.69, 9.17) is 14.6 Å². The van der Waals surface area contributed by atoms with Gasteiger partial charge in [-0.05, 0) is 26.2 Å². The van der Waals surface area contributed by atoms with Gasteiger partial charge in [0.15, 0.2) is 5.92 Å². The summed E-state index contributed by atoms with van der Waals surface area (Å²) in [6.45, 7) is 5.28. The van der Waals surface area contributed by atoms with Crippen molar-refractivity contribution in [2.45, 2.75) is 33.6 Å². The van der Waals surface area contributed by atoms with Crippen molar-refractivity contribution in [3.63, 3.8) is 0 Å². The van der Waals surface area contributed by atoms with E-state index in [2.05, 4.69) is 0 Å². The van der Waals surface area contributed by atoms with Crippen LogP contribution in [0.15, 0.2) is 0 Å². The van der Waals surface area contributed by atoms with E-state index >= 15 is 0 Å². The molecule has 0 spiro atoms. The van der Waals surface area contributed by atoms with E-state index in [1.54, 1.807) is 20.8 Å². The third-order valence-corrected chi connectivity index (χ3v) is 2.30. The van der Waals surface area contributed by atoms with Crippen LogP contribution in [0.4, 0.5) is 0 Å². The minimum atomic E-state index is -1.04. The fourth-order valence-corrected chi connectivity index (χ4v) is 1.56. The molecular formula is C12H20O6. The van der Waals surface area contributed by atoms with Gasteiger partial charge < -0.3 is 14.6 Å². The normalized spacial score (nSPS) is 12.0. The number of aliphatic carboxylic acids is 1. The molecule has 0 aliphatic carbocycles.